The second-order valence-electron chi connectivity index (χ2n) is 4.51. The van der Waals surface area contributed by atoms with Crippen LogP contribution in [0.2, 0.25) is 5.02 Å². The molecule has 1 aliphatic rings. The molecule has 0 aromatic heterocycles. The summed E-state index contributed by atoms with van der Waals surface area (Å²) in [5, 5.41) is 9.96. The lowest BCUT2D eigenvalue weighted by atomic mass is 9.95. The van der Waals surface area contributed by atoms with Crippen molar-refractivity contribution in [1.29, 1.82) is 0 Å². The molecule has 0 spiro atoms. The summed E-state index contributed by atoms with van der Waals surface area (Å²) < 4.78 is 5.94. The summed E-state index contributed by atoms with van der Waals surface area (Å²) >= 11 is 5.79. The molecule has 0 unspecified atom stereocenters. The Morgan fingerprint density at radius 1 is 1.47 bits per heavy atom. The first-order valence-electron chi connectivity index (χ1n) is 5.97. The van der Waals surface area contributed by atoms with Crippen molar-refractivity contribution in [2.45, 2.75) is 32.8 Å². The molecule has 92 valence electrons. The lowest BCUT2D eigenvalue weighted by molar-refractivity contribution is 0.0966. The summed E-state index contributed by atoms with van der Waals surface area (Å²) in [5.41, 5.74) is 0.886. The first-order valence-corrected chi connectivity index (χ1v) is 6.35. The Balaban J connectivity index is 2.25. The molecule has 1 aromatic rings. The average molecular weight is 253 g/mol. The van der Waals surface area contributed by atoms with E-state index in [-0.39, 0.29) is 11.9 Å². The van der Waals surface area contributed by atoms with Gasteiger partial charge in [-0.25, -0.2) is 0 Å². The molecule has 0 fully saturated rings. The average Bonchev–Trinajstić information content (AvgIpc) is 2.33. The fraction of sp³-hybridized carbons (Fsp3) is 0.429. The first kappa shape index (κ1) is 12.3. The van der Waals surface area contributed by atoms with E-state index in [1.54, 1.807) is 12.1 Å². The highest BCUT2D eigenvalue weighted by Crippen LogP contribution is 2.33. The molecule has 1 heterocycles. The molecule has 3 heteroatoms. The highest BCUT2D eigenvalue weighted by atomic mass is 35.5. The number of phenolic OH excluding ortho intramolecular Hbond substituents is 1. The van der Waals surface area contributed by atoms with Gasteiger partial charge >= 0.3 is 0 Å². The zero-order valence-corrected chi connectivity index (χ0v) is 10.9. The first-order chi connectivity index (χ1) is 8.11. The Kier molecular flexibility index (Phi) is 3.63. The Morgan fingerprint density at radius 3 is 2.88 bits per heavy atom. The summed E-state index contributed by atoms with van der Waals surface area (Å²) in [6, 6.07) is 5.21. The van der Waals surface area contributed by atoms with Gasteiger partial charge in [-0.3, -0.25) is 0 Å². The maximum Gasteiger partial charge on any atom is 0.134 e. The molecule has 0 bridgehead atoms. The van der Waals surface area contributed by atoms with Crippen molar-refractivity contribution in [3.05, 3.63) is 34.9 Å². The van der Waals surface area contributed by atoms with Gasteiger partial charge in [-0.05, 0) is 43.0 Å². The highest BCUT2D eigenvalue weighted by molar-refractivity contribution is 6.32. The van der Waals surface area contributed by atoms with Gasteiger partial charge in [0.1, 0.15) is 17.6 Å². The normalized spacial score (nSPS) is 24.1. The molecular weight excluding hydrogens is 236 g/mol. The third-order valence-electron chi connectivity index (χ3n) is 3.22. The topological polar surface area (TPSA) is 29.5 Å². The number of hydrogen-bond donors (Lipinski definition) is 1. The SMILES string of the molecule is CC[C@H]1OC(c2ccc(Cl)c(O)c2)=CC[C@@H]1C. The predicted molar refractivity (Wildman–Crippen MR) is 70.0 cm³/mol. The summed E-state index contributed by atoms with van der Waals surface area (Å²) in [7, 11) is 0. The third kappa shape index (κ3) is 2.58. The molecule has 0 saturated heterocycles. The molecule has 2 rings (SSSR count). The van der Waals surface area contributed by atoms with Crippen LogP contribution in [0.5, 0.6) is 5.75 Å². The van der Waals surface area contributed by atoms with E-state index in [1.807, 2.05) is 6.07 Å². The molecular formula is C14H17ClO2. The lowest BCUT2D eigenvalue weighted by Gasteiger charge is -2.29. The number of allylic oxidation sites excluding steroid dienone is 1. The van der Waals surface area contributed by atoms with Crippen molar-refractivity contribution < 1.29 is 9.84 Å². The number of rotatable bonds is 2. The lowest BCUT2D eigenvalue weighted by Crippen LogP contribution is -2.23. The molecule has 2 atom stereocenters. The van der Waals surface area contributed by atoms with Gasteiger partial charge in [0, 0.05) is 5.56 Å². The van der Waals surface area contributed by atoms with Crippen LogP contribution in [0.15, 0.2) is 24.3 Å². The van der Waals surface area contributed by atoms with E-state index in [0.717, 1.165) is 24.2 Å². The number of aromatic hydroxyl groups is 1. The van der Waals surface area contributed by atoms with Crippen molar-refractivity contribution in [3.8, 4) is 5.75 Å². The van der Waals surface area contributed by atoms with Gasteiger partial charge in [-0.2, -0.15) is 0 Å². The van der Waals surface area contributed by atoms with E-state index < -0.39 is 0 Å². The van der Waals surface area contributed by atoms with Crippen LogP contribution in [0.4, 0.5) is 0 Å². The van der Waals surface area contributed by atoms with Crippen LogP contribution in [-0.4, -0.2) is 11.2 Å². The van der Waals surface area contributed by atoms with Gasteiger partial charge in [-0.1, -0.05) is 25.4 Å². The zero-order chi connectivity index (χ0) is 12.4. The monoisotopic (exact) mass is 252 g/mol. The molecule has 17 heavy (non-hydrogen) atoms. The van der Waals surface area contributed by atoms with E-state index in [0.29, 0.717) is 10.9 Å². The Labute approximate surface area is 107 Å². The number of benzene rings is 1. The molecule has 0 radical (unpaired) electrons. The van der Waals surface area contributed by atoms with E-state index >= 15 is 0 Å². The quantitative estimate of drug-likeness (QED) is 0.854. The molecule has 1 N–H and O–H groups in total. The van der Waals surface area contributed by atoms with E-state index in [1.165, 1.54) is 0 Å². The van der Waals surface area contributed by atoms with Crippen LogP contribution in [0.3, 0.4) is 0 Å². The number of hydrogen-bond acceptors (Lipinski definition) is 2. The van der Waals surface area contributed by atoms with Crippen LogP contribution in [0.1, 0.15) is 32.3 Å². The molecule has 1 aromatic carbocycles. The van der Waals surface area contributed by atoms with Gasteiger partial charge in [0.15, 0.2) is 0 Å². The number of halogens is 1. The van der Waals surface area contributed by atoms with Crippen molar-refractivity contribution >= 4 is 17.4 Å². The van der Waals surface area contributed by atoms with E-state index in [4.69, 9.17) is 16.3 Å². The van der Waals surface area contributed by atoms with Gasteiger partial charge < -0.3 is 9.84 Å². The predicted octanol–water partition coefficient (Wildman–Crippen LogP) is 4.22. The standard InChI is InChI=1S/C14H17ClO2/c1-3-13-9(2)4-7-14(17-13)10-5-6-11(15)12(16)8-10/h5-9,13,16H,3-4H2,1-2H3/t9-,13+/m0/s1. The molecule has 0 aliphatic carbocycles. The maximum absolute atomic E-state index is 9.59. The van der Waals surface area contributed by atoms with E-state index in [9.17, 15) is 5.11 Å². The van der Waals surface area contributed by atoms with Crippen LogP contribution >= 0.6 is 11.6 Å². The summed E-state index contributed by atoms with van der Waals surface area (Å²) in [6.07, 6.45) is 4.35. The Hall–Kier alpha value is -1.15. The summed E-state index contributed by atoms with van der Waals surface area (Å²) in [4.78, 5) is 0. The Bertz CT molecular complexity index is 440. The fourth-order valence-corrected chi connectivity index (χ4v) is 2.23. The van der Waals surface area contributed by atoms with Crippen molar-refractivity contribution in [2.24, 2.45) is 5.92 Å². The molecule has 1 aliphatic heterocycles. The van der Waals surface area contributed by atoms with Crippen LogP contribution in [0, 0.1) is 5.92 Å². The van der Waals surface area contributed by atoms with Crippen LogP contribution < -0.4 is 0 Å². The van der Waals surface area contributed by atoms with Gasteiger partial charge in [-0.15, -0.1) is 0 Å². The minimum absolute atomic E-state index is 0.0975. The van der Waals surface area contributed by atoms with Crippen molar-refractivity contribution in [2.75, 3.05) is 0 Å². The van der Waals surface area contributed by atoms with Crippen molar-refractivity contribution in [1.82, 2.24) is 0 Å². The second kappa shape index (κ2) is 5.01. The molecule has 2 nitrogen and oxygen atoms in total. The van der Waals surface area contributed by atoms with E-state index in [2.05, 4.69) is 19.9 Å². The van der Waals surface area contributed by atoms with Crippen molar-refractivity contribution in [3.63, 3.8) is 0 Å². The Morgan fingerprint density at radius 2 is 2.24 bits per heavy atom. The zero-order valence-electron chi connectivity index (χ0n) is 10.1. The van der Waals surface area contributed by atoms with Gasteiger partial charge in [0.05, 0.1) is 5.02 Å². The minimum atomic E-state index is 0.0975. The minimum Gasteiger partial charge on any atom is -0.506 e. The van der Waals surface area contributed by atoms with Gasteiger partial charge in [0.2, 0.25) is 0 Å². The molecule has 0 amide bonds. The largest absolute Gasteiger partial charge is 0.506 e. The van der Waals surface area contributed by atoms with Crippen LogP contribution in [0.25, 0.3) is 5.76 Å². The maximum atomic E-state index is 9.59. The number of phenols is 1. The fourth-order valence-electron chi connectivity index (χ4n) is 2.11. The summed E-state index contributed by atoms with van der Waals surface area (Å²) in [6.45, 7) is 4.32. The highest BCUT2D eigenvalue weighted by Gasteiger charge is 2.22. The summed E-state index contributed by atoms with van der Waals surface area (Å²) in [5.74, 6) is 1.49. The second-order valence-corrected chi connectivity index (χ2v) is 4.92. The number of ether oxygens (including phenoxy) is 1. The van der Waals surface area contributed by atoms with Crippen LogP contribution in [-0.2, 0) is 4.74 Å². The molecule has 0 saturated carbocycles. The van der Waals surface area contributed by atoms with Gasteiger partial charge in [0.25, 0.3) is 0 Å². The smallest absolute Gasteiger partial charge is 0.134 e. The third-order valence-corrected chi connectivity index (χ3v) is 3.54.